The highest BCUT2D eigenvalue weighted by Crippen LogP contribution is 2.15. The number of benzene rings is 1. The summed E-state index contributed by atoms with van der Waals surface area (Å²) in [7, 11) is 0. The Hall–Kier alpha value is -1.78. The van der Waals surface area contributed by atoms with E-state index in [0.717, 1.165) is 0 Å². The number of aromatic nitrogens is 1. The minimum Gasteiger partial charge on any atom is -0.359 e. The Labute approximate surface area is 129 Å². The van der Waals surface area contributed by atoms with Crippen LogP contribution in [0.1, 0.15) is 6.92 Å². The van der Waals surface area contributed by atoms with Crippen molar-refractivity contribution >= 4 is 41.4 Å². The number of nitrogens with one attached hydrogen (secondary N) is 2. The maximum absolute atomic E-state index is 12.0. The first kappa shape index (κ1) is 16.3. The molecule has 106 valence electrons. The van der Waals surface area contributed by atoms with Gasteiger partial charge >= 0.3 is 0 Å². The molecule has 0 unspecified atom stereocenters. The van der Waals surface area contributed by atoms with Gasteiger partial charge in [0, 0.05) is 16.9 Å². The van der Waals surface area contributed by atoms with Crippen molar-refractivity contribution in [3.63, 3.8) is 0 Å². The topological polar surface area (TPSA) is 54.0 Å². The first-order valence-corrected chi connectivity index (χ1v) is 6.27. The van der Waals surface area contributed by atoms with Crippen LogP contribution in [0, 0.1) is 0 Å². The summed E-state index contributed by atoms with van der Waals surface area (Å²) < 4.78 is 0. The van der Waals surface area contributed by atoms with Gasteiger partial charge in [0.2, 0.25) is 5.91 Å². The number of nitrogens with zero attached hydrogens (tertiary/aromatic N) is 1. The average Bonchev–Trinajstić information content (AvgIpc) is 2.40. The van der Waals surface area contributed by atoms with E-state index in [-0.39, 0.29) is 18.3 Å². The predicted octanol–water partition coefficient (Wildman–Crippen LogP) is 3.60. The molecular weight excluding hydrogens is 297 g/mol. The minimum absolute atomic E-state index is 0. The Morgan fingerprint density at radius 1 is 1.25 bits per heavy atom. The summed E-state index contributed by atoms with van der Waals surface area (Å²) in [6, 6.07) is 12.1. The molecule has 0 bridgehead atoms. The molecule has 0 fully saturated rings. The SMILES string of the molecule is C[C@@H](Nc1ccccn1)C(=O)Nc1cccc(Cl)c1.Cl. The number of anilines is 2. The van der Waals surface area contributed by atoms with E-state index >= 15 is 0 Å². The number of carbonyl (C=O) groups is 1. The molecule has 2 aromatic rings. The van der Waals surface area contributed by atoms with E-state index in [0.29, 0.717) is 16.5 Å². The zero-order valence-corrected chi connectivity index (χ0v) is 12.4. The second-order valence-corrected chi connectivity index (χ2v) is 4.52. The second kappa shape index (κ2) is 7.72. The van der Waals surface area contributed by atoms with Gasteiger partial charge in [-0.15, -0.1) is 12.4 Å². The van der Waals surface area contributed by atoms with Crippen LogP contribution < -0.4 is 10.6 Å². The van der Waals surface area contributed by atoms with E-state index in [4.69, 9.17) is 11.6 Å². The van der Waals surface area contributed by atoms with Crippen LogP contribution in [0.5, 0.6) is 0 Å². The van der Waals surface area contributed by atoms with Crippen molar-refractivity contribution in [2.45, 2.75) is 13.0 Å². The van der Waals surface area contributed by atoms with Gasteiger partial charge in [-0.25, -0.2) is 4.98 Å². The molecule has 1 aromatic carbocycles. The van der Waals surface area contributed by atoms with Crippen molar-refractivity contribution in [2.24, 2.45) is 0 Å². The maximum atomic E-state index is 12.0. The molecule has 0 aliphatic rings. The number of hydrogen-bond acceptors (Lipinski definition) is 3. The molecule has 1 amide bonds. The van der Waals surface area contributed by atoms with E-state index < -0.39 is 6.04 Å². The Morgan fingerprint density at radius 3 is 2.70 bits per heavy atom. The van der Waals surface area contributed by atoms with Crippen LogP contribution in [-0.4, -0.2) is 16.9 Å². The quantitative estimate of drug-likeness (QED) is 0.907. The Kier molecular flexibility index (Phi) is 6.28. The average molecular weight is 312 g/mol. The zero-order chi connectivity index (χ0) is 13.7. The van der Waals surface area contributed by atoms with Crippen molar-refractivity contribution in [2.75, 3.05) is 10.6 Å². The number of rotatable bonds is 4. The summed E-state index contributed by atoms with van der Waals surface area (Å²) in [5.41, 5.74) is 0.673. The molecule has 0 aliphatic carbocycles. The van der Waals surface area contributed by atoms with Gasteiger partial charge in [-0.2, -0.15) is 0 Å². The highest BCUT2D eigenvalue weighted by molar-refractivity contribution is 6.30. The molecule has 1 atom stereocenters. The molecular formula is C14H15Cl2N3O. The first-order valence-electron chi connectivity index (χ1n) is 5.89. The molecule has 0 spiro atoms. The predicted molar refractivity (Wildman–Crippen MR) is 84.7 cm³/mol. The van der Waals surface area contributed by atoms with Gasteiger partial charge in [-0.1, -0.05) is 23.7 Å². The fourth-order valence-corrected chi connectivity index (χ4v) is 1.74. The smallest absolute Gasteiger partial charge is 0.246 e. The van der Waals surface area contributed by atoms with Gasteiger partial charge in [-0.3, -0.25) is 4.79 Å². The lowest BCUT2D eigenvalue weighted by Crippen LogP contribution is -2.32. The molecule has 0 aliphatic heterocycles. The van der Waals surface area contributed by atoms with Crippen LogP contribution in [0.25, 0.3) is 0 Å². The Morgan fingerprint density at radius 2 is 2.05 bits per heavy atom. The summed E-state index contributed by atoms with van der Waals surface area (Å²) in [5, 5.41) is 6.40. The van der Waals surface area contributed by atoms with Crippen molar-refractivity contribution in [3.05, 3.63) is 53.7 Å². The second-order valence-electron chi connectivity index (χ2n) is 4.08. The van der Waals surface area contributed by atoms with Crippen LogP contribution in [0.3, 0.4) is 0 Å². The van der Waals surface area contributed by atoms with E-state index in [1.807, 2.05) is 18.2 Å². The third kappa shape index (κ3) is 4.72. The molecule has 0 saturated carbocycles. The minimum atomic E-state index is -0.395. The van der Waals surface area contributed by atoms with E-state index in [9.17, 15) is 4.79 Å². The lowest BCUT2D eigenvalue weighted by molar-refractivity contribution is -0.116. The molecule has 2 N–H and O–H groups in total. The van der Waals surface area contributed by atoms with Crippen LogP contribution in [-0.2, 0) is 4.79 Å². The number of hydrogen-bond donors (Lipinski definition) is 2. The van der Waals surface area contributed by atoms with Crippen molar-refractivity contribution in [1.82, 2.24) is 4.98 Å². The van der Waals surface area contributed by atoms with Gasteiger partial charge < -0.3 is 10.6 Å². The molecule has 20 heavy (non-hydrogen) atoms. The zero-order valence-electron chi connectivity index (χ0n) is 10.8. The van der Waals surface area contributed by atoms with Gasteiger partial charge in [-0.05, 0) is 37.3 Å². The first-order chi connectivity index (χ1) is 9.15. The van der Waals surface area contributed by atoms with Crippen molar-refractivity contribution in [1.29, 1.82) is 0 Å². The molecule has 2 rings (SSSR count). The van der Waals surface area contributed by atoms with E-state index in [1.165, 1.54) is 0 Å². The number of halogens is 2. The fraction of sp³-hybridized carbons (Fsp3) is 0.143. The van der Waals surface area contributed by atoms with Gasteiger partial charge in [0.05, 0.1) is 0 Å². The molecule has 1 aromatic heterocycles. The number of carbonyl (C=O) groups excluding carboxylic acids is 1. The van der Waals surface area contributed by atoms with Crippen LogP contribution >= 0.6 is 24.0 Å². The summed E-state index contributed by atoms with van der Waals surface area (Å²) in [6.07, 6.45) is 1.67. The Balaban J connectivity index is 0.00000200. The highest BCUT2D eigenvalue weighted by Gasteiger charge is 2.13. The van der Waals surface area contributed by atoms with Crippen LogP contribution in [0.4, 0.5) is 11.5 Å². The molecule has 1 heterocycles. The normalized spacial score (nSPS) is 11.1. The highest BCUT2D eigenvalue weighted by atomic mass is 35.5. The maximum Gasteiger partial charge on any atom is 0.246 e. The summed E-state index contributed by atoms with van der Waals surface area (Å²) >= 11 is 5.86. The standard InChI is InChI=1S/C14H14ClN3O.ClH/c1-10(17-13-7-2-3-8-16-13)14(19)18-12-6-4-5-11(15)9-12;/h2-10H,1H3,(H,16,17)(H,18,19);1H/t10-;/m1./s1. The molecule has 6 heteroatoms. The van der Waals surface area contributed by atoms with Crippen LogP contribution in [0.15, 0.2) is 48.7 Å². The monoisotopic (exact) mass is 311 g/mol. The third-order valence-electron chi connectivity index (χ3n) is 2.51. The summed E-state index contributed by atoms with van der Waals surface area (Å²) in [5.74, 6) is 0.518. The van der Waals surface area contributed by atoms with Crippen LogP contribution in [0.2, 0.25) is 5.02 Å². The van der Waals surface area contributed by atoms with Gasteiger partial charge in [0.1, 0.15) is 11.9 Å². The number of pyridine rings is 1. The van der Waals surface area contributed by atoms with Crippen molar-refractivity contribution < 1.29 is 4.79 Å². The van der Waals surface area contributed by atoms with Gasteiger partial charge in [0.25, 0.3) is 0 Å². The molecule has 0 radical (unpaired) electrons. The Bertz CT molecular complexity index is 563. The summed E-state index contributed by atoms with van der Waals surface area (Å²) in [6.45, 7) is 1.77. The summed E-state index contributed by atoms with van der Waals surface area (Å²) in [4.78, 5) is 16.1. The lowest BCUT2D eigenvalue weighted by atomic mass is 10.2. The van der Waals surface area contributed by atoms with Crippen molar-refractivity contribution in [3.8, 4) is 0 Å². The molecule has 4 nitrogen and oxygen atoms in total. The van der Waals surface area contributed by atoms with E-state index in [1.54, 1.807) is 37.4 Å². The fourth-order valence-electron chi connectivity index (χ4n) is 1.55. The largest absolute Gasteiger partial charge is 0.359 e. The lowest BCUT2D eigenvalue weighted by Gasteiger charge is -2.14. The molecule has 0 saturated heterocycles. The number of amides is 1. The van der Waals surface area contributed by atoms with Gasteiger partial charge in [0.15, 0.2) is 0 Å². The third-order valence-corrected chi connectivity index (χ3v) is 2.75. The van der Waals surface area contributed by atoms with E-state index in [2.05, 4.69) is 15.6 Å².